The number of hydrogen-bond acceptors (Lipinski definition) is 4. The molecule has 0 atom stereocenters. The first kappa shape index (κ1) is 19.6. The molecule has 0 radical (unpaired) electrons. The molecule has 2 amide bonds. The van der Waals surface area contributed by atoms with Crippen LogP contribution in [0.4, 0.5) is 11.4 Å². The summed E-state index contributed by atoms with van der Waals surface area (Å²) < 4.78 is 10.4. The van der Waals surface area contributed by atoms with Crippen LogP contribution in [-0.2, 0) is 9.59 Å². The average Bonchev–Trinajstić information content (AvgIpc) is 2.62. The minimum atomic E-state index is -0.206. The van der Waals surface area contributed by atoms with Gasteiger partial charge in [0.2, 0.25) is 11.8 Å². The minimum absolute atomic E-state index is 0.126. The number of ether oxygens (including phenoxy) is 2. The predicted octanol–water partition coefficient (Wildman–Crippen LogP) is 3.74. The Bertz CT molecular complexity index is 778. The molecule has 138 valence electrons. The summed E-state index contributed by atoms with van der Waals surface area (Å²) in [7, 11) is 3.09. The Labute approximate surface area is 157 Å². The van der Waals surface area contributed by atoms with E-state index in [1.807, 2.05) is 0 Å². The number of benzene rings is 2. The number of hydrogen-bond donors (Lipinski definition) is 1. The Morgan fingerprint density at radius 3 is 2.35 bits per heavy atom. The molecule has 0 saturated heterocycles. The Kier molecular flexibility index (Phi) is 6.86. The van der Waals surface area contributed by atoms with Crippen molar-refractivity contribution in [3.63, 3.8) is 0 Å². The van der Waals surface area contributed by atoms with Gasteiger partial charge in [-0.3, -0.25) is 9.59 Å². The van der Waals surface area contributed by atoms with Gasteiger partial charge in [-0.05, 0) is 42.5 Å². The van der Waals surface area contributed by atoms with E-state index in [0.717, 1.165) is 0 Å². The lowest BCUT2D eigenvalue weighted by Gasteiger charge is -2.23. The molecular formula is C19H21ClN2O4. The predicted molar refractivity (Wildman–Crippen MR) is 102 cm³/mol. The van der Waals surface area contributed by atoms with Crippen molar-refractivity contribution >= 4 is 34.8 Å². The van der Waals surface area contributed by atoms with Gasteiger partial charge in [0.05, 0.1) is 19.9 Å². The lowest BCUT2D eigenvalue weighted by molar-refractivity contribution is -0.117. The number of halogens is 1. The van der Waals surface area contributed by atoms with E-state index in [4.69, 9.17) is 21.1 Å². The molecule has 2 aromatic carbocycles. The summed E-state index contributed by atoms with van der Waals surface area (Å²) in [4.78, 5) is 25.7. The third-order valence-corrected chi connectivity index (χ3v) is 3.98. The fourth-order valence-electron chi connectivity index (χ4n) is 2.43. The highest BCUT2D eigenvalue weighted by atomic mass is 35.5. The van der Waals surface area contributed by atoms with E-state index >= 15 is 0 Å². The molecule has 2 rings (SSSR count). The van der Waals surface area contributed by atoms with Crippen LogP contribution in [0.25, 0.3) is 0 Å². The molecule has 0 fully saturated rings. The first-order valence-electron chi connectivity index (χ1n) is 8.00. The monoisotopic (exact) mass is 376 g/mol. The Balaban J connectivity index is 2.05. The largest absolute Gasteiger partial charge is 0.497 e. The molecule has 0 aliphatic carbocycles. The number of amides is 2. The van der Waals surface area contributed by atoms with Crippen molar-refractivity contribution < 1.29 is 19.1 Å². The van der Waals surface area contributed by atoms with E-state index in [9.17, 15) is 9.59 Å². The van der Waals surface area contributed by atoms with Crippen LogP contribution in [0.15, 0.2) is 42.5 Å². The minimum Gasteiger partial charge on any atom is -0.497 e. The molecule has 2 aromatic rings. The van der Waals surface area contributed by atoms with Crippen molar-refractivity contribution in [1.82, 2.24) is 0 Å². The van der Waals surface area contributed by atoms with E-state index in [-0.39, 0.29) is 24.8 Å². The Morgan fingerprint density at radius 2 is 1.77 bits per heavy atom. The smallest absolute Gasteiger partial charge is 0.226 e. The average molecular weight is 377 g/mol. The number of methoxy groups -OCH3 is 2. The van der Waals surface area contributed by atoms with Crippen LogP contribution in [0.5, 0.6) is 11.5 Å². The third kappa shape index (κ3) is 5.13. The lowest BCUT2D eigenvalue weighted by Crippen LogP contribution is -2.32. The van der Waals surface area contributed by atoms with Gasteiger partial charge in [0.25, 0.3) is 0 Å². The van der Waals surface area contributed by atoms with E-state index in [1.54, 1.807) is 49.6 Å². The highest BCUT2D eigenvalue weighted by molar-refractivity contribution is 6.31. The quantitative estimate of drug-likeness (QED) is 0.799. The van der Waals surface area contributed by atoms with Crippen molar-refractivity contribution in [3.8, 4) is 11.5 Å². The molecule has 1 N–H and O–H groups in total. The molecule has 0 bridgehead atoms. The zero-order valence-corrected chi connectivity index (χ0v) is 15.7. The topological polar surface area (TPSA) is 67.9 Å². The fraction of sp³-hybridized carbons (Fsp3) is 0.263. The Hall–Kier alpha value is -2.73. The van der Waals surface area contributed by atoms with E-state index < -0.39 is 0 Å². The van der Waals surface area contributed by atoms with Gasteiger partial charge in [0, 0.05) is 30.6 Å². The summed E-state index contributed by atoms with van der Waals surface area (Å²) in [6.07, 6.45) is 0.126. The summed E-state index contributed by atoms with van der Waals surface area (Å²) in [6.45, 7) is 1.63. The highest BCUT2D eigenvalue weighted by Crippen LogP contribution is 2.31. The standard InChI is InChI=1S/C19H21ClN2O4/c1-13(23)22(17-12-14(20)4-9-18(17)26-3)11-10-19(24)21-15-5-7-16(25-2)8-6-15/h4-9,12H,10-11H2,1-3H3,(H,21,24). The van der Waals surface area contributed by atoms with Crippen LogP contribution in [0, 0.1) is 0 Å². The molecule has 0 aliphatic rings. The molecule has 0 spiro atoms. The van der Waals surface area contributed by atoms with Gasteiger partial charge in [0.1, 0.15) is 11.5 Å². The van der Waals surface area contributed by atoms with Gasteiger partial charge < -0.3 is 19.7 Å². The second-order valence-corrected chi connectivity index (χ2v) is 5.95. The number of carbonyl (C=O) groups excluding carboxylic acids is 2. The SMILES string of the molecule is COc1ccc(NC(=O)CCN(C(C)=O)c2cc(Cl)ccc2OC)cc1. The second kappa shape index (κ2) is 9.10. The van der Waals surface area contributed by atoms with E-state index in [1.165, 1.54) is 18.9 Å². The molecule has 0 saturated carbocycles. The van der Waals surface area contributed by atoms with E-state index in [0.29, 0.717) is 27.9 Å². The third-order valence-electron chi connectivity index (χ3n) is 3.75. The van der Waals surface area contributed by atoms with Gasteiger partial charge in [-0.2, -0.15) is 0 Å². The van der Waals surface area contributed by atoms with Gasteiger partial charge in [-0.25, -0.2) is 0 Å². The van der Waals surface area contributed by atoms with Gasteiger partial charge in [0.15, 0.2) is 0 Å². The maximum absolute atomic E-state index is 12.2. The molecule has 7 heteroatoms. The first-order chi connectivity index (χ1) is 12.4. The maximum Gasteiger partial charge on any atom is 0.226 e. The van der Waals surface area contributed by atoms with Crippen LogP contribution in [0.3, 0.4) is 0 Å². The van der Waals surface area contributed by atoms with Crippen LogP contribution in [-0.4, -0.2) is 32.6 Å². The first-order valence-corrected chi connectivity index (χ1v) is 8.38. The van der Waals surface area contributed by atoms with E-state index in [2.05, 4.69) is 5.32 Å². The van der Waals surface area contributed by atoms with Crippen molar-refractivity contribution in [2.75, 3.05) is 31.0 Å². The normalized spacial score (nSPS) is 10.2. The second-order valence-electron chi connectivity index (χ2n) is 5.51. The summed E-state index contributed by atoms with van der Waals surface area (Å²) in [5, 5.41) is 3.27. The summed E-state index contributed by atoms with van der Waals surface area (Å²) in [6, 6.07) is 12.0. The molecule has 0 unspecified atom stereocenters. The van der Waals surface area contributed by atoms with Crippen molar-refractivity contribution in [2.45, 2.75) is 13.3 Å². The van der Waals surface area contributed by atoms with Gasteiger partial charge >= 0.3 is 0 Å². The zero-order chi connectivity index (χ0) is 19.1. The van der Waals surface area contributed by atoms with Crippen LogP contribution < -0.4 is 19.7 Å². The number of nitrogens with one attached hydrogen (secondary N) is 1. The number of nitrogens with zero attached hydrogens (tertiary/aromatic N) is 1. The molecule has 26 heavy (non-hydrogen) atoms. The maximum atomic E-state index is 12.2. The number of rotatable bonds is 7. The van der Waals surface area contributed by atoms with Gasteiger partial charge in [-0.1, -0.05) is 11.6 Å². The molecule has 0 heterocycles. The molecule has 0 aliphatic heterocycles. The summed E-state index contributed by atoms with van der Waals surface area (Å²) >= 11 is 6.03. The number of carbonyl (C=O) groups is 2. The summed E-state index contributed by atoms with van der Waals surface area (Å²) in [5.74, 6) is 0.809. The van der Waals surface area contributed by atoms with Crippen LogP contribution >= 0.6 is 11.6 Å². The molecular weight excluding hydrogens is 356 g/mol. The van der Waals surface area contributed by atoms with Crippen molar-refractivity contribution in [1.29, 1.82) is 0 Å². The summed E-state index contributed by atoms with van der Waals surface area (Å²) in [5.41, 5.74) is 1.19. The highest BCUT2D eigenvalue weighted by Gasteiger charge is 2.18. The van der Waals surface area contributed by atoms with Crippen molar-refractivity contribution in [2.24, 2.45) is 0 Å². The van der Waals surface area contributed by atoms with Crippen LogP contribution in [0.2, 0.25) is 5.02 Å². The van der Waals surface area contributed by atoms with Gasteiger partial charge in [-0.15, -0.1) is 0 Å². The molecule has 0 aromatic heterocycles. The van der Waals surface area contributed by atoms with Crippen LogP contribution in [0.1, 0.15) is 13.3 Å². The zero-order valence-electron chi connectivity index (χ0n) is 14.9. The molecule has 6 nitrogen and oxygen atoms in total. The Morgan fingerprint density at radius 1 is 1.08 bits per heavy atom. The number of anilines is 2. The van der Waals surface area contributed by atoms with Crippen molar-refractivity contribution in [3.05, 3.63) is 47.5 Å². The lowest BCUT2D eigenvalue weighted by atomic mass is 10.2. The fourth-order valence-corrected chi connectivity index (χ4v) is 2.60.